The molecule has 0 heterocycles. The van der Waals surface area contributed by atoms with Crippen LogP contribution in [0, 0.1) is 13.8 Å². The number of ether oxygens (including phenoxy) is 1. The predicted octanol–water partition coefficient (Wildman–Crippen LogP) is 6.72. The number of unbranched alkanes of at least 4 members (excludes halogenated alkanes) is 1. The third-order valence-corrected chi connectivity index (χ3v) is 5.30. The van der Waals surface area contributed by atoms with Crippen molar-refractivity contribution in [1.29, 1.82) is 0 Å². The highest BCUT2D eigenvalue weighted by Gasteiger charge is 2.27. The van der Waals surface area contributed by atoms with Gasteiger partial charge in [-0.1, -0.05) is 61.3 Å². The van der Waals surface area contributed by atoms with Crippen LogP contribution >= 0.6 is 11.6 Å². The number of aliphatic carboxylic acids is 1. The van der Waals surface area contributed by atoms with Gasteiger partial charge in [0.15, 0.2) is 6.10 Å². The summed E-state index contributed by atoms with van der Waals surface area (Å²) in [5.74, 6) is -0.971. The molecule has 0 saturated heterocycles. The number of halogens is 1. The van der Waals surface area contributed by atoms with Gasteiger partial charge in [0.1, 0.15) is 0 Å². The lowest BCUT2D eigenvalue weighted by Crippen LogP contribution is -2.18. The van der Waals surface area contributed by atoms with Crippen molar-refractivity contribution in [2.75, 3.05) is 6.61 Å². The average Bonchev–Trinajstić information content (AvgIpc) is 2.66. The Bertz CT molecular complexity index is 993. The second kappa shape index (κ2) is 8.76. The number of benzene rings is 3. The van der Waals surface area contributed by atoms with Gasteiger partial charge in [-0.25, -0.2) is 4.79 Å². The van der Waals surface area contributed by atoms with E-state index >= 15 is 0 Å². The fourth-order valence-electron chi connectivity index (χ4n) is 3.62. The molecule has 4 heteroatoms. The van der Waals surface area contributed by atoms with E-state index in [1.807, 2.05) is 43.3 Å². The molecule has 0 aliphatic carbocycles. The monoisotopic (exact) mass is 396 g/mol. The van der Waals surface area contributed by atoms with Gasteiger partial charge in [-0.3, -0.25) is 0 Å². The summed E-state index contributed by atoms with van der Waals surface area (Å²) in [6.07, 6.45) is 0.764. The first-order chi connectivity index (χ1) is 13.4. The van der Waals surface area contributed by atoms with Crippen LogP contribution in [-0.4, -0.2) is 17.7 Å². The van der Waals surface area contributed by atoms with Crippen molar-refractivity contribution in [1.82, 2.24) is 0 Å². The van der Waals surface area contributed by atoms with Crippen LogP contribution in [0.25, 0.3) is 21.9 Å². The van der Waals surface area contributed by atoms with Gasteiger partial charge in [0, 0.05) is 17.2 Å². The maximum atomic E-state index is 12.1. The van der Waals surface area contributed by atoms with Gasteiger partial charge in [-0.05, 0) is 65.4 Å². The molecule has 3 nitrogen and oxygen atoms in total. The number of carboxylic acid groups (broad SMARTS) is 1. The normalized spacial score (nSPS) is 12.3. The van der Waals surface area contributed by atoms with E-state index in [-0.39, 0.29) is 0 Å². The number of hydrogen-bond acceptors (Lipinski definition) is 2. The third kappa shape index (κ3) is 4.06. The second-order valence-corrected chi connectivity index (χ2v) is 7.54. The zero-order valence-corrected chi connectivity index (χ0v) is 17.2. The molecule has 0 aromatic heterocycles. The number of hydrogen-bond donors (Lipinski definition) is 1. The van der Waals surface area contributed by atoms with Crippen molar-refractivity contribution < 1.29 is 14.6 Å². The lowest BCUT2D eigenvalue weighted by molar-refractivity contribution is -0.151. The Labute approximate surface area is 170 Å². The Morgan fingerprint density at radius 3 is 2.43 bits per heavy atom. The van der Waals surface area contributed by atoms with Gasteiger partial charge in [0.05, 0.1) is 0 Å². The highest BCUT2D eigenvalue weighted by Crippen LogP contribution is 2.40. The van der Waals surface area contributed by atoms with Gasteiger partial charge < -0.3 is 9.84 Å². The Balaban J connectivity index is 2.31. The minimum atomic E-state index is -1.01. The van der Waals surface area contributed by atoms with Crippen molar-refractivity contribution >= 4 is 28.3 Å². The van der Waals surface area contributed by atoms with Crippen molar-refractivity contribution in [2.45, 2.75) is 39.7 Å². The second-order valence-electron chi connectivity index (χ2n) is 7.10. The molecule has 0 bridgehead atoms. The Hall–Kier alpha value is -2.36. The molecule has 3 aromatic rings. The van der Waals surface area contributed by atoms with Gasteiger partial charge in [-0.15, -0.1) is 0 Å². The van der Waals surface area contributed by atoms with Crippen LogP contribution in [0.4, 0.5) is 0 Å². The molecule has 1 N–H and O–H groups in total. The van der Waals surface area contributed by atoms with Crippen LogP contribution < -0.4 is 0 Å². The summed E-state index contributed by atoms with van der Waals surface area (Å²) in [4.78, 5) is 12.1. The van der Waals surface area contributed by atoms with Crippen molar-refractivity contribution in [3.05, 3.63) is 70.2 Å². The van der Waals surface area contributed by atoms with Gasteiger partial charge >= 0.3 is 5.97 Å². The minimum absolute atomic E-state index is 0.415. The van der Waals surface area contributed by atoms with Crippen LogP contribution in [-0.2, 0) is 9.53 Å². The quantitative estimate of drug-likeness (QED) is 0.451. The molecular formula is C24H25ClO3. The molecule has 1 atom stereocenters. The highest BCUT2D eigenvalue weighted by molar-refractivity contribution is 6.30. The lowest BCUT2D eigenvalue weighted by atomic mass is 9.86. The first-order valence-corrected chi connectivity index (χ1v) is 9.95. The molecule has 0 aliphatic heterocycles. The lowest BCUT2D eigenvalue weighted by Gasteiger charge is -2.23. The van der Waals surface area contributed by atoms with E-state index in [4.69, 9.17) is 16.3 Å². The summed E-state index contributed by atoms with van der Waals surface area (Å²) in [7, 11) is 0. The van der Waals surface area contributed by atoms with E-state index < -0.39 is 12.1 Å². The third-order valence-electron chi connectivity index (χ3n) is 5.05. The zero-order chi connectivity index (χ0) is 20.3. The van der Waals surface area contributed by atoms with Crippen molar-refractivity contribution in [2.24, 2.45) is 0 Å². The summed E-state index contributed by atoms with van der Waals surface area (Å²) in [5, 5.41) is 12.7. The standard InChI is InChI=1S/C24H25ClO3/c1-4-5-13-28-23(24(26)27)21-16(3)14-20-15(2)7-6-8-19(20)22(21)17-9-11-18(25)12-10-17/h6-12,14,23H,4-5,13H2,1-3H3,(H,26,27). The molecular weight excluding hydrogens is 372 g/mol. The fraction of sp³-hybridized carbons (Fsp3) is 0.292. The molecule has 3 aromatic carbocycles. The number of rotatable bonds is 7. The molecule has 0 radical (unpaired) electrons. The molecule has 0 aliphatic rings. The molecule has 1 unspecified atom stereocenters. The topological polar surface area (TPSA) is 46.5 Å². The molecule has 3 rings (SSSR count). The van der Waals surface area contributed by atoms with E-state index in [1.54, 1.807) is 0 Å². The van der Waals surface area contributed by atoms with Crippen LogP contribution in [0.15, 0.2) is 48.5 Å². The molecule has 0 fully saturated rings. The maximum Gasteiger partial charge on any atom is 0.337 e. The summed E-state index contributed by atoms with van der Waals surface area (Å²) >= 11 is 6.09. The molecule has 0 amide bonds. The first kappa shape index (κ1) is 20.4. The Morgan fingerprint density at radius 1 is 1.07 bits per heavy atom. The van der Waals surface area contributed by atoms with Crippen molar-refractivity contribution in [3.8, 4) is 11.1 Å². The van der Waals surface area contributed by atoms with E-state index in [9.17, 15) is 9.90 Å². The van der Waals surface area contributed by atoms with Crippen LogP contribution in [0.3, 0.4) is 0 Å². The van der Waals surface area contributed by atoms with Crippen LogP contribution in [0.2, 0.25) is 5.02 Å². The fourth-order valence-corrected chi connectivity index (χ4v) is 3.74. The van der Waals surface area contributed by atoms with E-state index in [2.05, 4.69) is 26.0 Å². The van der Waals surface area contributed by atoms with Gasteiger partial charge in [0.25, 0.3) is 0 Å². The van der Waals surface area contributed by atoms with E-state index in [0.717, 1.165) is 45.9 Å². The smallest absolute Gasteiger partial charge is 0.337 e. The first-order valence-electron chi connectivity index (χ1n) is 9.57. The van der Waals surface area contributed by atoms with Crippen LogP contribution in [0.5, 0.6) is 0 Å². The summed E-state index contributed by atoms with van der Waals surface area (Å²) in [5.41, 5.74) is 4.61. The number of fused-ring (bicyclic) bond motifs is 1. The van der Waals surface area contributed by atoms with Crippen molar-refractivity contribution in [3.63, 3.8) is 0 Å². The summed E-state index contributed by atoms with van der Waals surface area (Å²) < 4.78 is 5.85. The number of carbonyl (C=O) groups is 1. The van der Waals surface area contributed by atoms with Gasteiger partial charge in [-0.2, -0.15) is 0 Å². The highest BCUT2D eigenvalue weighted by atomic mass is 35.5. The molecule has 146 valence electrons. The molecule has 0 spiro atoms. The predicted molar refractivity (Wildman–Crippen MR) is 115 cm³/mol. The van der Waals surface area contributed by atoms with Crippen LogP contribution in [0.1, 0.15) is 42.6 Å². The molecule has 0 saturated carbocycles. The Morgan fingerprint density at radius 2 is 1.79 bits per heavy atom. The largest absolute Gasteiger partial charge is 0.479 e. The van der Waals surface area contributed by atoms with Gasteiger partial charge in [0.2, 0.25) is 0 Å². The summed E-state index contributed by atoms with van der Waals surface area (Å²) in [6.45, 7) is 6.50. The van der Waals surface area contributed by atoms with E-state index in [0.29, 0.717) is 17.2 Å². The average molecular weight is 397 g/mol. The summed E-state index contributed by atoms with van der Waals surface area (Å²) in [6, 6.07) is 15.7. The number of carboxylic acids is 1. The van der Waals surface area contributed by atoms with E-state index in [1.165, 1.54) is 0 Å². The molecule has 28 heavy (non-hydrogen) atoms. The minimum Gasteiger partial charge on any atom is -0.479 e. The zero-order valence-electron chi connectivity index (χ0n) is 16.5. The Kier molecular flexibility index (Phi) is 6.38. The number of aryl methyl sites for hydroxylation is 2. The SMILES string of the molecule is CCCCOC(C(=O)O)c1c(C)cc2c(C)cccc2c1-c1ccc(Cl)cc1. The maximum absolute atomic E-state index is 12.1.